The number of fused-ring (bicyclic) bond motifs is 1. The van der Waals surface area contributed by atoms with Gasteiger partial charge in [-0.25, -0.2) is 0 Å². The quantitative estimate of drug-likeness (QED) is 0.912. The monoisotopic (exact) mass is 274 g/mol. The van der Waals surface area contributed by atoms with Crippen molar-refractivity contribution in [3.63, 3.8) is 0 Å². The maximum absolute atomic E-state index is 13.1. The van der Waals surface area contributed by atoms with Crippen molar-refractivity contribution in [1.82, 2.24) is 0 Å². The first kappa shape index (κ1) is 13.7. The third kappa shape index (κ3) is 2.65. The highest BCUT2D eigenvalue weighted by atomic mass is 19.4. The number of benzene rings is 1. The predicted octanol–water partition coefficient (Wildman–Crippen LogP) is 1.69. The van der Waals surface area contributed by atoms with Gasteiger partial charge in [-0.3, -0.25) is 9.69 Å². The summed E-state index contributed by atoms with van der Waals surface area (Å²) in [5.74, 6) is -0.442. The van der Waals surface area contributed by atoms with E-state index < -0.39 is 24.7 Å². The fourth-order valence-electron chi connectivity index (χ4n) is 2.06. The van der Waals surface area contributed by atoms with Crippen molar-refractivity contribution in [2.24, 2.45) is 5.73 Å². The number of ether oxygens (including phenoxy) is 1. The second kappa shape index (κ2) is 5.08. The van der Waals surface area contributed by atoms with E-state index in [4.69, 9.17) is 10.5 Å². The molecule has 0 aromatic heterocycles. The summed E-state index contributed by atoms with van der Waals surface area (Å²) < 4.78 is 44.3. The summed E-state index contributed by atoms with van der Waals surface area (Å²) in [6, 6.07) is 4.24. The maximum Gasteiger partial charge on any atom is 0.409 e. The Morgan fingerprint density at radius 1 is 1.37 bits per heavy atom. The van der Waals surface area contributed by atoms with E-state index in [0.717, 1.165) is 4.90 Å². The van der Waals surface area contributed by atoms with E-state index in [1.54, 1.807) is 12.1 Å². The molecule has 7 heteroatoms. The van der Waals surface area contributed by atoms with Gasteiger partial charge in [0.2, 0.25) is 0 Å². The van der Waals surface area contributed by atoms with Gasteiger partial charge in [-0.1, -0.05) is 12.1 Å². The van der Waals surface area contributed by atoms with Crippen LogP contribution in [0.5, 0.6) is 5.75 Å². The van der Waals surface area contributed by atoms with Gasteiger partial charge in [0.05, 0.1) is 5.69 Å². The van der Waals surface area contributed by atoms with E-state index >= 15 is 0 Å². The van der Waals surface area contributed by atoms with Crippen molar-refractivity contribution in [1.29, 1.82) is 0 Å². The fraction of sp³-hybridized carbons (Fsp3) is 0.417. The van der Waals surface area contributed by atoms with Gasteiger partial charge in [-0.05, 0) is 25.1 Å². The largest absolute Gasteiger partial charge is 0.482 e. The van der Waals surface area contributed by atoms with E-state index in [1.807, 2.05) is 0 Å². The van der Waals surface area contributed by atoms with Crippen LogP contribution in [0.15, 0.2) is 24.3 Å². The molecule has 104 valence electrons. The average molecular weight is 274 g/mol. The summed E-state index contributed by atoms with van der Waals surface area (Å²) in [5.41, 5.74) is 5.36. The average Bonchev–Trinajstić information content (AvgIpc) is 2.35. The third-order valence-corrected chi connectivity index (χ3v) is 2.87. The summed E-state index contributed by atoms with van der Waals surface area (Å²) in [6.07, 6.45) is -4.87. The number of carbonyl (C=O) groups excluding carboxylic acids is 1. The van der Waals surface area contributed by atoms with Crippen LogP contribution in [0.2, 0.25) is 0 Å². The Labute approximate surface area is 107 Å². The van der Waals surface area contributed by atoms with Crippen LogP contribution >= 0.6 is 0 Å². The molecule has 0 spiro atoms. The van der Waals surface area contributed by atoms with Crippen LogP contribution in [0.4, 0.5) is 18.9 Å². The zero-order valence-corrected chi connectivity index (χ0v) is 9.98. The molecule has 1 heterocycles. The molecule has 0 bridgehead atoms. The Bertz CT molecular complexity index is 476. The molecule has 0 radical (unpaired) electrons. The molecule has 0 saturated heterocycles. The van der Waals surface area contributed by atoms with Crippen LogP contribution < -0.4 is 15.4 Å². The standard InChI is InChI=1S/C12H13F3N2O2/c13-12(14,15)10(5-6-16)17-8-3-1-2-4-9(8)19-7-11(17)18/h1-4,10H,5-7,16H2. The van der Waals surface area contributed by atoms with Crippen molar-refractivity contribution in [3.05, 3.63) is 24.3 Å². The lowest BCUT2D eigenvalue weighted by molar-refractivity contribution is -0.156. The van der Waals surface area contributed by atoms with Crippen LogP contribution in [0.1, 0.15) is 6.42 Å². The highest BCUT2D eigenvalue weighted by molar-refractivity contribution is 5.98. The topological polar surface area (TPSA) is 55.6 Å². The minimum absolute atomic E-state index is 0.134. The van der Waals surface area contributed by atoms with Crippen LogP contribution in [0, 0.1) is 0 Å². The fourth-order valence-corrected chi connectivity index (χ4v) is 2.06. The molecule has 4 nitrogen and oxygen atoms in total. The van der Waals surface area contributed by atoms with Gasteiger partial charge >= 0.3 is 6.18 Å². The van der Waals surface area contributed by atoms with Gasteiger partial charge < -0.3 is 10.5 Å². The maximum atomic E-state index is 13.1. The SMILES string of the molecule is NCCC(N1C(=O)COc2ccccc21)C(F)(F)F. The molecule has 1 amide bonds. The summed E-state index contributed by atoms with van der Waals surface area (Å²) in [6.45, 7) is -0.550. The lowest BCUT2D eigenvalue weighted by Gasteiger charge is -2.36. The molecule has 1 unspecified atom stereocenters. The number of carbonyl (C=O) groups is 1. The number of halogens is 3. The van der Waals surface area contributed by atoms with Gasteiger partial charge in [-0.2, -0.15) is 13.2 Å². The molecule has 0 fully saturated rings. The van der Waals surface area contributed by atoms with E-state index in [2.05, 4.69) is 0 Å². The molecular formula is C12H13F3N2O2. The molecule has 2 rings (SSSR count). The normalized spacial score (nSPS) is 16.8. The Balaban J connectivity index is 2.43. The van der Waals surface area contributed by atoms with E-state index in [1.165, 1.54) is 12.1 Å². The van der Waals surface area contributed by atoms with Gasteiger partial charge in [0.15, 0.2) is 6.61 Å². The van der Waals surface area contributed by atoms with E-state index in [-0.39, 0.29) is 24.4 Å². The summed E-state index contributed by atoms with van der Waals surface area (Å²) >= 11 is 0. The number of rotatable bonds is 3. The Kier molecular flexibility index (Phi) is 3.66. The van der Waals surface area contributed by atoms with Crippen molar-refractivity contribution in [2.75, 3.05) is 18.1 Å². The van der Waals surface area contributed by atoms with E-state index in [0.29, 0.717) is 0 Å². The molecule has 0 aliphatic carbocycles. The lowest BCUT2D eigenvalue weighted by atomic mass is 10.1. The molecule has 0 saturated carbocycles. The first-order valence-electron chi connectivity index (χ1n) is 5.76. The van der Waals surface area contributed by atoms with Crippen molar-refractivity contribution < 1.29 is 22.7 Å². The van der Waals surface area contributed by atoms with Gasteiger partial charge in [0, 0.05) is 0 Å². The van der Waals surface area contributed by atoms with Crippen LogP contribution in [0.25, 0.3) is 0 Å². The molecule has 1 aliphatic rings. The second-order valence-electron chi connectivity index (χ2n) is 4.15. The highest BCUT2D eigenvalue weighted by Gasteiger charge is 2.47. The Morgan fingerprint density at radius 2 is 2.05 bits per heavy atom. The lowest BCUT2D eigenvalue weighted by Crippen LogP contribution is -2.53. The number of nitrogens with two attached hydrogens (primary N) is 1. The van der Waals surface area contributed by atoms with E-state index in [9.17, 15) is 18.0 Å². The zero-order valence-electron chi connectivity index (χ0n) is 9.98. The minimum Gasteiger partial charge on any atom is -0.482 e. The predicted molar refractivity (Wildman–Crippen MR) is 62.9 cm³/mol. The van der Waals surface area contributed by atoms with Gasteiger partial charge in [0.1, 0.15) is 11.8 Å². The molecule has 1 aliphatic heterocycles. The Hall–Kier alpha value is -1.76. The van der Waals surface area contributed by atoms with Crippen molar-refractivity contribution >= 4 is 11.6 Å². The first-order valence-corrected chi connectivity index (χ1v) is 5.76. The number of amides is 1. The molecule has 1 aromatic carbocycles. The summed E-state index contributed by atoms with van der Waals surface area (Å²) in [7, 11) is 0. The molecule has 2 N–H and O–H groups in total. The number of hydrogen-bond acceptors (Lipinski definition) is 3. The van der Waals surface area contributed by atoms with Crippen LogP contribution in [-0.2, 0) is 4.79 Å². The smallest absolute Gasteiger partial charge is 0.409 e. The Morgan fingerprint density at radius 3 is 2.68 bits per heavy atom. The summed E-state index contributed by atoms with van der Waals surface area (Å²) in [4.78, 5) is 12.5. The van der Waals surface area contributed by atoms with Crippen molar-refractivity contribution in [3.8, 4) is 5.75 Å². The van der Waals surface area contributed by atoms with Gasteiger partial charge in [0.25, 0.3) is 5.91 Å². The number of para-hydroxylation sites is 2. The third-order valence-electron chi connectivity index (χ3n) is 2.87. The van der Waals surface area contributed by atoms with Crippen LogP contribution in [-0.4, -0.2) is 31.3 Å². The van der Waals surface area contributed by atoms with Gasteiger partial charge in [-0.15, -0.1) is 0 Å². The molecule has 1 aromatic rings. The minimum atomic E-state index is -4.53. The number of anilines is 1. The number of hydrogen-bond donors (Lipinski definition) is 1. The van der Waals surface area contributed by atoms with Crippen LogP contribution in [0.3, 0.4) is 0 Å². The zero-order chi connectivity index (χ0) is 14.0. The number of nitrogens with zero attached hydrogens (tertiary/aromatic N) is 1. The molecule has 19 heavy (non-hydrogen) atoms. The number of alkyl halides is 3. The summed E-state index contributed by atoms with van der Waals surface area (Å²) in [5, 5.41) is 0. The first-order chi connectivity index (χ1) is 8.95. The molecule has 1 atom stereocenters. The van der Waals surface area contributed by atoms with Crippen molar-refractivity contribution in [2.45, 2.75) is 18.6 Å². The second-order valence-corrected chi connectivity index (χ2v) is 4.15. The highest BCUT2D eigenvalue weighted by Crippen LogP contribution is 2.38. The molecular weight excluding hydrogens is 261 g/mol.